The molecule has 1 saturated carbocycles. The lowest BCUT2D eigenvalue weighted by molar-refractivity contribution is -0.122. The maximum Gasteiger partial charge on any atom is 0.236 e. The highest BCUT2D eigenvalue weighted by Gasteiger charge is 2.25. The predicted octanol–water partition coefficient (Wildman–Crippen LogP) is 1.39. The summed E-state index contributed by atoms with van der Waals surface area (Å²) in [6, 6.07) is 6.98. The fourth-order valence-corrected chi connectivity index (χ4v) is 2.02. The van der Waals surface area contributed by atoms with Gasteiger partial charge in [-0.2, -0.15) is 0 Å². The summed E-state index contributed by atoms with van der Waals surface area (Å²) in [5.74, 6) is 0.0679. The van der Waals surface area contributed by atoms with Crippen molar-refractivity contribution in [1.82, 2.24) is 5.32 Å². The van der Waals surface area contributed by atoms with E-state index in [2.05, 4.69) is 10.6 Å². The minimum atomic E-state index is -0.517. The van der Waals surface area contributed by atoms with Gasteiger partial charge in [0.2, 0.25) is 11.8 Å². The van der Waals surface area contributed by atoms with Crippen LogP contribution in [0.3, 0.4) is 0 Å². The number of nitrogens with two attached hydrogens (primary N) is 1. The van der Waals surface area contributed by atoms with Crippen LogP contribution in [0.1, 0.15) is 31.7 Å². The fraction of sp³-hybridized carbons (Fsp3) is 0.467. The van der Waals surface area contributed by atoms with E-state index in [0.717, 1.165) is 30.5 Å². The lowest BCUT2D eigenvalue weighted by atomic mass is 9.85. The van der Waals surface area contributed by atoms with E-state index < -0.39 is 6.04 Å². The summed E-state index contributed by atoms with van der Waals surface area (Å²) in [5.41, 5.74) is 7.19. The third-order valence-corrected chi connectivity index (χ3v) is 3.55. The fourth-order valence-electron chi connectivity index (χ4n) is 2.02. The second kappa shape index (κ2) is 6.52. The van der Waals surface area contributed by atoms with E-state index in [1.54, 1.807) is 6.92 Å². The second-order valence-corrected chi connectivity index (χ2v) is 5.32. The van der Waals surface area contributed by atoms with Gasteiger partial charge in [-0.1, -0.05) is 18.6 Å². The van der Waals surface area contributed by atoms with Gasteiger partial charge < -0.3 is 16.4 Å². The molecule has 0 bridgehead atoms. The first kappa shape index (κ1) is 14.5. The predicted molar refractivity (Wildman–Crippen MR) is 77.9 cm³/mol. The molecule has 5 nitrogen and oxygen atoms in total. The van der Waals surface area contributed by atoms with Crippen LogP contribution in [0, 0.1) is 5.92 Å². The Kier molecular flexibility index (Phi) is 4.74. The first-order chi connectivity index (χ1) is 9.56. The molecule has 0 saturated heterocycles. The Morgan fingerprint density at radius 1 is 1.40 bits per heavy atom. The number of carbonyl (C=O) groups excluding carboxylic acids is 2. The van der Waals surface area contributed by atoms with E-state index in [9.17, 15) is 9.59 Å². The zero-order chi connectivity index (χ0) is 14.5. The van der Waals surface area contributed by atoms with Crippen molar-refractivity contribution in [3.8, 4) is 0 Å². The number of benzene rings is 1. The molecule has 5 heteroatoms. The number of amides is 2. The Bertz CT molecular complexity index is 496. The van der Waals surface area contributed by atoms with Gasteiger partial charge in [-0.25, -0.2) is 0 Å². The largest absolute Gasteiger partial charge is 0.351 e. The quantitative estimate of drug-likeness (QED) is 0.759. The molecule has 0 unspecified atom stereocenters. The first-order valence-corrected chi connectivity index (χ1v) is 6.99. The maximum atomic E-state index is 11.9. The van der Waals surface area contributed by atoms with Crippen LogP contribution in [0.2, 0.25) is 0 Å². The zero-order valence-electron chi connectivity index (χ0n) is 11.7. The highest BCUT2D eigenvalue weighted by Crippen LogP contribution is 2.27. The Hall–Kier alpha value is -1.88. The number of carbonyl (C=O) groups is 2. The Balaban J connectivity index is 1.90. The van der Waals surface area contributed by atoms with Gasteiger partial charge >= 0.3 is 0 Å². The number of hydrogen-bond acceptors (Lipinski definition) is 3. The lowest BCUT2D eigenvalue weighted by Gasteiger charge is -2.24. The summed E-state index contributed by atoms with van der Waals surface area (Å²) in [6.07, 6.45) is 3.10. The van der Waals surface area contributed by atoms with Gasteiger partial charge in [-0.3, -0.25) is 9.59 Å². The van der Waals surface area contributed by atoms with Gasteiger partial charge in [0.15, 0.2) is 0 Å². The van der Waals surface area contributed by atoms with Crippen LogP contribution in [0.25, 0.3) is 0 Å². The van der Waals surface area contributed by atoms with Crippen molar-refractivity contribution in [2.24, 2.45) is 11.7 Å². The Labute approximate surface area is 118 Å². The average molecular weight is 275 g/mol. The summed E-state index contributed by atoms with van der Waals surface area (Å²) >= 11 is 0. The molecule has 0 radical (unpaired) electrons. The number of rotatable bonds is 5. The van der Waals surface area contributed by atoms with Crippen LogP contribution in [-0.2, 0) is 16.1 Å². The maximum absolute atomic E-state index is 11.9. The molecule has 1 aromatic carbocycles. The summed E-state index contributed by atoms with van der Waals surface area (Å²) in [4.78, 5) is 23.3. The lowest BCUT2D eigenvalue weighted by Crippen LogP contribution is -2.37. The first-order valence-electron chi connectivity index (χ1n) is 6.99. The van der Waals surface area contributed by atoms with Crippen molar-refractivity contribution >= 4 is 17.5 Å². The van der Waals surface area contributed by atoms with Gasteiger partial charge in [-0.15, -0.1) is 0 Å². The van der Waals surface area contributed by atoms with Crippen LogP contribution in [0.5, 0.6) is 0 Å². The molecule has 4 N–H and O–H groups in total. The van der Waals surface area contributed by atoms with Crippen molar-refractivity contribution in [2.75, 3.05) is 5.32 Å². The van der Waals surface area contributed by atoms with E-state index in [4.69, 9.17) is 5.73 Å². The van der Waals surface area contributed by atoms with Gasteiger partial charge in [0, 0.05) is 18.2 Å². The monoisotopic (exact) mass is 275 g/mol. The SMILES string of the molecule is C[C@@H](N)C(=O)NCc1cccc(NC(=O)C2CCC2)c1. The molecule has 0 spiro atoms. The molecule has 0 aliphatic heterocycles. The molecular formula is C15H21N3O2. The average Bonchev–Trinajstić information content (AvgIpc) is 2.34. The standard InChI is InChI=1S/C15H21N3O2/c1-10(16)14(19)17-9-11-4-2-7-13(8-11)18-15(20)12-5-3-6-12/h2,4,7-8,10,12H,3,5-6,9,16H2,1H3,(H,17,19)(H,18,20)/t10-/m1/s1. The van der Waals surface area contributed by atoms with Crippen molar-refractivity contribution in [3.63, 3.8) is 0 Å². The third kappa shape index (κ3) is 3.81. The zero-order valence-corrected chi connectivity index (χ0v) is 11.7. The molecule has 0 aromatic heterocycles. The number of nitrogens with one attached hydrogen (secondary N) is 2. The minimum absolute atomic E-state index is 0.0908. The molecule has 1 fully saturated rings. The topological polar surface area (TPSA) is 84.2 Å². The summed E-state index contributed by atoms with van der Waals surface area (Å²) in [6.45, 7) is 2.05. The second-order valence-electron chi connectivity index (χ2n) is 5.32. The molecule has 1 aromatic rings. The molecule has 2 amide bonds. The highest BCUT2D eigenvalue weighted by molar-refractivity contribution is 5.93. The minimum Gasteiger partial charge on any atom is -0.351 e. The van der Waals surface area contributed by atoms with E-state index in [1.165, 1.54) is 0 Å². The molecule has 0 heterocycles. The van der Waals surface area contributed by atoms with Crippen molar-refractivity contribution in [3.05, 3.63) is 29.8 Å². The number of hydrogen-bond donors (Lipinski definition) is 3. The smallest absolute Gasteiger partial charge is 0.236 e. The number of anilines is 1. The van der Waals surface area contributed by atoms with Crippen LogP contribution in [-0.4, -0.2) is 17.9 Å². The molecule has 1 aliphatic rings. The van der Waals surface area contributed by atoms with Crippen molar-refractivity contribution < 1.29 is 9.59 Å². The van der Waals surface area contributed by atoms with Gasteiger partial charge in [0.1, 0.15) is 0 Å². The van der Waals surface area contributed by atoms with E-state index in [1.807, 2.05) is 24.3 Å². The van der Waals surface area contributed by atoms with Crippen molar-refractivity contribution in [2.45, 2.75) is 38.8 Å². The molecule has 2 rings (SSSR count). The Morgan fingerprint density at radius 2 is 2.15 bits per heavy atom. The van der Waals surface area contributed by atoms with Crippen molar-refractivity contribution in [1.29, 1.82) is 0 Å². The van der Waals surface area contributed by atoms with Crippen LogP contribution >= 0.6 is 0 Å². The molecule has 1 aliphatic carbocycles. The van der Waals surface area contributed by atoms with Gasteiger partial charge in [0.25, 0.3) is 0 Å². The summed E-state index contributed by atoms with van der Waals surface area (Å²) in [7, 11) is 0. The normalized spacial score (nSPS) is 16.1. The van der Waals surface area contributed by atoms with E-state index in [0.29, 0.717) is 6.54 Å². The summed E-state index contributed by atoms with van der Waals surface area (Å²) < 4.78 is 0. The van der Waals surface area contributed by atoms with E-state index >= 15 is 0 Å². The molecule has 1 atom stereocenters. The van der Waals surface area contributed by atoms with Gasteiger partial charge in [-0.05, 0) is 37.5 Å². The molecule has 20 heavy (non-hydrogen) atoms. The highest BCUT2D eigenvalue weighted by atomic mass is 16.2. The van der Waals surface area contributed by atoms with E-state index in [-0.39, 0.29) is 17.7 Å². The van der Waals surface area contributed by atoms with Crippen LogP contribution in [0.15, 0.2) is 24.3 Å². The van der Waals surface area contributed by atoms with Gasteiger partial charge in [0.05, 0.1) is 6.04 Å². The summed E-state index contributed by atoms with van der Waals surface area (Å²) in [5, 5.41) is 5.67. The van der Waals surface area contributed by atoms with Crippen LogP contribution in [0.4, 0.5) is 5.69 Å². The van der Waals surface area contributed by atoms with Crippen LogP contribution < -0.4 is 16.4 Å². The molecule has 108 valence electrons. The third-order valence-electron chi connectivity index (χ3n) is 3.55. The molecular weight excluding hydrogens is 254 g/mol. The Morgan fingerprint density at radius 3 is 2.75 bits per heavy atom.